The largest absolute Gasteiger partial charge is 0.356 e. The second-order valence-corrected chi connectivity index (χ2v) is 5.00. The van der Waals surface area contributed by atoms with Crippen molar-refractivity contribution in [2.45, 2.75) is 25.7 Å². The molecule has 3 aromatic rings. The smallest absolute Gasteiger partial charge is 0.154 e. The molecule has 0 aliphatic heterocycles. The minimum atomic E-state index is 0.950. The fourth-order valence-corrected chi connectivity index (χ4v) is 2.81. The van der Waals surface area contributed by atoms with Crippen LogP contribution in [0.5, 0.6) is 0 Å². The molecular formula is C15H15N3. The predicted octanol–water partition coefficient (Wildman–Crippen LogP) is 3.44. The van der Waals surface area contributed by atoms with Gasteiger partial charge in [-0.1, -0.05) is 12.1 Å². The quantitative estimate of drug-likeness (QED) is 0.669. The number of H-pyrrole nitrogens is 2. The second-order valence-electron chi connectivity index (χ2n) is 5.00. The van der Waals surface area contributed by atoms with Gasteiger partial charge in [0.25, 0.3) is 0 Å². The normalized spacial score (nSPS) is 14.9. The molecule has 2 N–H and O–H groups in total. The van der Waals surface area contributed by atoms with E-state index in [1.165, 1.54) is 36.9 Å². The van der Waals surface area contributed by atoms with E-state index in [1.54, 1.807) is 0 Å². The predicted molar refractivity (Wildman–Crippen MR) is 72.5 cm³/mol. The first-order valence-electron chi connectivity index (χ1n) is 6.56. The Morgan fingerprint density at radius 3 is 2.78 bits per heavy atom. The van der Waals surface area contributed by atoms with E-state index >= 15 is 0 Å². The summed E-state index contributed by atoms with van der Waals surface area (Å²) in [6.07, 6.45) is 4.99. The maximum Gasteiger partial charge on any atom is 0.154 e. The number of aromatic amines is 2. The van der Waals surface area contributed by atoms with Gasteiger partial charge in [0.15, 0.2) is 5.82 Å². The molecule has 2 aromatic heterocycles. The van der Waals surface area contributed by atoms with Gasteiger partial charge >= 0.3 is 0 Å². The molecule has 0 fully saturated rings. The number of aryl methyl sites for hydroxylation is 2. The summed E-state index contributed by atoms with van der Waals surface area (Å²) in [5.74, 6) is 0.950. The Kier molecular flexibility index (Phi) is 2.06. The van der Waals surface area contributed by atoms with Crippen molar-refractivity contribution in [1.29, 1.82) is 0 Å². The zero-order valence-corrected chi connectivity index (χ0v) is 10.2. The molecule has 0 saturated carbocycles. The van der Waals surface area contributed by atoms with Crippen LogP contribution in [0.2, 0.25) is 0 Å². The highest BCUT2D eigenvalue weighted by atomic mass is 15.0. The SMILES string of the molecule is c1ccc2[nH]c(-c3cc4c([nH]3)CCCC4)nc2c1. The molecule has 1 aromatic carbocycles. The topological polar surface area (TPSA) is 44.5 Å². The highest BCUT2D eigenvalue weighted by Gasteiger charge is 2.15. The molecule has 18 heavy (non-hydrogen) atoms. The number of fused-ring (bicyclic) bond motifs is 2. The van der Waals surface area contributed by atoms with Gasteiger partial charge in [0, 0.05) is 5.69 Å². The molecule has 4 rings (SSSR count). The summed E-state index contributed by atoms with van der Waals surface area (Å²) >= 11 is 0. The van der Waals surface area contributed by atoms with Crippen molar-refractivity contribution >= 4 is 11.0 Å². The molecule has 2 heterocycles. The van der Waals surface area contributed by atoms with Crippen LogP contribution in [-0.4, -0.2) is 15.0 Å². The van der Waals surface area contributed by atoms with Crippen molar-refractivity contribution in [2.24, 2.45) is 0 Å². The summed E-state index contributed by atoms with van der Waals surface area (Å²) in [5.41, 5.74) is 6.12. The van der Waals surface area contributed by atoms with E-state index < -0.39 is 0 Å². The zero-order chi connectivity index (χ0) is 11.9. The molecule has 3 nitrogen and oxygen atoms in total. The molecule has 3 heteroatoms. The van der Waals surface area contributed by atoms with Crippen LogP contribution in [0, 0.1) is 0 Å². The van der Waals surface area contributed by atoms with Crippen LogP contribution >= 0.6 is 0 Å². The van der Waals surface area contributed by atoms with Gasteiger partial charge in [-0.2, -0.15) is 0 Å². The molecule has 90 valence electrons. The third kappa shape index (κ3) is 1.47. The van der Waals surface area contributed by atoms with E-state index in [2.05, 4.69) is 27.1 Å². The first kappa shape index (κ1) is 9.95. The number of hydrogen-bond acceptors (Lipinski definition) is 1. The maximum absolute atomic E-state index is 4.64. The number of nitrogens with one attached hydrogen (secondary N) is 2. The molecule has 0 radical (unpaired) electrons. The third-order valence-corrected chi connectivity index (χ3v) is 3.76. The average Bonchev–Trinajstić information content (AvgIpc) is 3.02. The Hall–Kier alpha value is -2.03. The van der Waals surface area contributed by atoms with Crippen LogP contribution in [0.4, 0.5) is 0 Å². The Morgan fingerprint density at radius 2 is 1.89 bits per heavy atom. The average molecular weight is 237 g/mol. The van der Waals surface area contributed by atoms with Gasteiger partial charge in [-0.15, -0.1) is 0 Å². The lowest BCUT2D eigenvalue weighted by Gasteiger charge is -2.08. The van der Waals surface area contributed by atoms with Crippen LogP contribution in [0.3, 0.4) is 0 Å². The summed E-state index contributed by atoms with van der Waals surface area (Å²) in [7, 11) is 0. The number of benzene rings is 1. The highest BCUT2D eigenvalue weighted by molar-refractivity contribution is 5.78. The van der Waals surface area contributed by atoms with E-state index in [0.29, 0.717) is 0 Å². The molecule has 1 aliphatic rings. The Morgan fingerprint density at radius 1 is 1.00 bits per heavy atom. The molecule has 0 bridgehead atoms. The Balaban J connectivity index is 1.84. The van der Waals surface area contributed by atoms with Gasteiger partial charge < -0.3 is 9.97 Å². The standard InChI is InChI=1S/C15H15N3/c1-2-6-11-10(5-1)9-14(16-11)15-17-12-7-3-4-8-13(12)18-15/h3-4,7-9,16H,1-2,5-6H2,(H,17,18). The van der Waals surface area contributed by atoms with Gasteiger partial charge in [-0.05, 0) is 49.4 Å². The van der Waals surface area contributed by atoms with Gasteiger partial charge in [0.2, 0.25) is 0 Å². The number of aromatic nitrogens is 3. The second kappa shape index (κ2) is 3.73. The van der Waals surface area contributed by atoms with Crippen molar-refractivity contribution < 1.29 is 0 Å². The minimum Gasteiger partial charge on any atom is -0.356 e. The van der Waals surface area contributed by atoms with Crippen LogP contribution < -0.4 is 0 Å². The van der Waals surface area contributed by atoms with Crippen LogP contribution in [-0.2, 0) is 12.8 Å². The monoisotopic (exact) mass is 237 g/mol. The number of imidazole rings is 1. The number of rotatable bonds is 1. The molecule has 0 amide bonds. The van der Waals surface area contributed by atoms with Gasteiger partial charge in [0.1, 0.15) is 0 Å². The summed E-state index contributed by atoms with van der Waals surface area (Å²) in [4.78, 5) is 11.5. The Labute approximate surface area is 105 Å². The lowest BCUT2D eigenvalue weighted by Crippen LogP contribution is -1.99. The van der Waals surface area contributed by atoms with Gasteiger partial charge in [-0.3, -0.25) is 0 Å². The highest BCUT2D eigenvalue weighted by Crippen LogP contribution is 2.27. The Bertz CT molecular complexity index is 649. The summed E-state index contributed by atoms with van der Waals surface area (Å²) in [5, 5.41) is 0. The van der Waals surface area contributed by atoms with Crippen molar-refractivity contribution in [1.82, 2.24) is 15.0 Å². The lowest BCUT2D eigenvalue weighted by molar-refractivity contribution is 0.677. The van der Waals surface area contributed by atoms with E-state index in [9.17, 15) is 0 Å². The van der Waals surface area contributed by atoms with E-state index in [4.69, 9.17) is 0 Å². The fourth-order valence-electron chi connectivity index (χ4n) is 2.81. The molecule has 0 spiro atoms. The van der Waals surface area contributed by atoms with Crippen LogP contribution in [0.15, 0.2) is 30.3 Å². The van der Waals surface area contributed by atoms with Crippen LogP contribution in [0.1, 0.15) is 24.1 Å². The van der Waals surface area contributed by atoms with Crippen LogP contribution in [0.25, 0.3) is 22.6 Å². The number of para-hydroxylation sites is 2. The summed E-state index contributed by atoms with van der Waals surface area (Å²) in [6, 6.07) is 10.4. The lowest BCUT2D eigenvalue weighted by atomic mass is 9.98. The summed E-state index contributed by atoms with van der Waals surface area (Å²) in [6.45, 7) is 0. The van der Waals surface area contributed by atoms with E-state index in [-0.39, 0.29) is 0 Å². The van der Waals surface area contributed by atoms with Gasteiger partial charge in [0.05, 0.1) is 16.7 Å². The van der Waals surface area contributed by atoms with E-state index in [1.807, 2.05) is 18.2 Å². The number of hydrogen-bond donors (Lipinski definition) is 2. The molecule has 1 aliphatic carbocycles. The van der Waals surface area contributed by atoms with Crippen molar-refractivity contribution in [3.05, 3.63) is 41.6 Å². The number of nitrogens with zero attached hydrogens (tertiary/aromatic N) is 1. The maximum atomic E-state index is 4.64. The van der Waals surface area contributed by atoms with Crippen molar-refractivity contribution in [2.75, 3.05) is 0 Å². The minimum absolute atomic E-state index is 0.950. The molecule has 0 atom stereocenters. The fraction of sp³-hybridized carbons (Fsp3) is 0.267. The first-order valence-corrected chi connectivity index (χ1v) is 6.56. The third-order valence-electron chi connectivity index (χ3n) is 3.76. The molecule has 0 unspecified atom stereocenters. The van der Waals surface area contributed by atoms with Crippen molar-refractivity contribution in [3.63, 3.8) is 0 Å². The first-order chi connectivity index (χ1) is 8.90. The van der Waals surface area contributed by atoms with Crippen molar-refractivity contribution in [3.8, 4) is 11.5 Å². The molecule has 0 saturated heterocycles. The van der Waals surface area contributed by atoms with E-state index in [0.717, 1.165) is 22.6 Å². The zero-order valence-electron chi connectivity index (χ0n) is 10.2. The van der Waals surface area contributed by atoms with Gasteiger partial charge in [-0.25, -0.2) is 4.98 Å². The summed E-state index contributed by atoms with van der Waals surface area (Å²) < 4.78 is 0. The molecular weight excluding hydrogens is 222 g/mol.